The van der Waals surface area contributed by atoms with E-state index in [0.717, 1.165) is 11.4 Å². The SMILES string of the molecule is COc1ccc(Cn2c(Cl)nnc2C2CC2)cn1. The van der Waals surface area contributed by atoms with Gasteiger partial charge in [0.2, 0.25) is 11.2 Å². The number of pyridine rings is 1. The molecule has 2 aromatic heterocycles. The van der Waals surface area contributed by atoms with E-state index < -0.39 is 0 Å². The summed E-state index contributed by atoms with van der Waals surface area (Å²) in [6.45, 7) is 0.647. The Hall–Kier alpha value is -1.62. The molecule has 0 amide bonds. The molecule has 0 aromatic carbocycles. The van der Waals surface area contributed by atoms with Gasteiger partial charge in [-0.05, 0) is 30.0 Å². The summed E-state index contributed by atoms with van der Waals surface area (Å²) >= 11 is 6.07. The van der Waals surface area contributed by atoms with Gasteiger partial charge >= 0.3 is 0 Å². The van der Waals surface area contributed by atoms with E-state index in [9.17, 15) is 0 Å². The predicted molar refractivity (Wildman–Crippen MR) is 66.9 cm³/mol. The Morgan fingerprint density at radius 1 is 1.39 bits per heavy atom. The molecule has 0 radical (unpaired) electrons. The lowest BCUT2D eigenvalue weighted by atomic mass is 10.2. The van der Waals surface area contributed by atoms with Gasteiger partial charge in [-0.15, -0.1) is 10.2 Å². The highest BCUT2D eigenvalue weighted by Gasteiger charge is 2.30. The van der Waals surface area contributed by atoms with Crippen LogP contribution in [0.1, 0.15) is 30.1 Å². The lowest BCUT2D eigenvalue weighted by Gasteiger charge is -2.07. The van der Waals surface area contributed by atoms with Crippen LogP contribution in [0, 0.1) is 0 Å². The third-order valence-electron chi connectivity index (χ3n) is 3.02. The number of ether oxygens (including phenoxy) is 1. The van der Waals surface area contributed by atoms with E-state index in [0.29, 0.717) is 23.6 Å². The molecule has 1 fully saturated rings. The van der Waals surface area contributed by atoms with Gasteiger partial charge < -0.3 is 4.74 Å². The van der Waals surface area contributed by atoms with Crippen molar-refractivity contribution in [2.24, 2.45) is 0 Å². The second-order valence-electron chi connectivity index (χ2n) is 4.40. The van der Waals surface area contributed by atoms with E-state index in [4.69, 9.17) is 16.3 Å². The molecule has 0 bridgehead atoms. The van der Waals surface area contributed by atoms with Gasteiger partial charge in [0.05, 0.1) is 13.7 Å². The summed E-state index contributed by atoms with van der Waals surface area (Å²) in [4.78, 5) is 4.18. The summed E-state index contributed by atoms with van der Waals surface area (Å²) in [5.41, 5.74) is 1.06. The summed E-state index contributed by atoms with van der Waals surface area (Å²) in [5.74, 6) is 2.11. The molecule has 2 aromatic rings. The summed E-state index contributed by atoms with van der Waals surface area (Å²) in [7, 11) is 1.60. The van der Waals surface area contributed by atoms with Gasteiger partial charge in [0, 0.05) is 18.2 Å². The zero-order valence-electron chi connectivity index (χ0n) is 10.0. The predicted octanol–water partition coefficient (Wildman–Crippen LogP) is 2.26. The summed E-state index contributed by atoms with van der Waals surface area (Å²) in [6.07, 6.45) is 4.14. The van der Waals surface area contributed by atoms with E-state index in [-0.39, 0.29) is 0 Å². The minimum Gasteiger partial charge on any atom is -0.481 e. The van der Waals surface area contributed by atoms with Gasteiger partial charge in [0.1, 0.15) is 5.82 Å². The van der Waals surface area contributed by atoms with Crippen LogP contribution in [0.5, 0.6) is 5.88 Å². The maximum atomic E-state index is 6.07. The van der Waals surface area contributed by atoms with Gasteiger partial charge in [-0.1, -0.05) is 6.07 Å². The van der Waals surface area contributed by atoms with Gasteiger partial charge in [0.25, 0.3) is 0 Å². The molecular weight excluding hydrogens is 252 g/mol. The molecule has 18 heavy (non-hydrogen) atoms. The lowest BCUT2D eigenvalue weighted by Crippen LogP contribution is -2.05. The van der Waals surface area contributed by atoms with Crippen LogP contribution in [-0.2, 0) is 6.54 Å². The number of hydrogen-bond acceptors (Lipinski definition) is 4. The van der Waals surface area contributed by atoms with E-state index in [2.05, 4.69) is 15.2 Å². The van der Waals surface area contributed by atoms with Crippen LogP contribution in [-0.4, -0.2) is 26.9 Å². The van der Waals surface area contributed by atoms with Crippen molar-refractivity contribution in [2.45, 2.75) is 25.3 Å². The van der Waals surface area contributed by atoms with E-state index >= 15 is 0 Å². The Labute approximate surface area is 110 Å². The summed E-state index contributed by atoms with van der Waals surface area (Å²) < 4.78 is 6.98. The second kappa shape index (κ2) is 4.57. The molecule has 0 spiro atoms. The van der Waals surface area contributed by atoms with Crippen molar-refractivity contribution in [3.63, 3.8) is 0 Å². The van der Waals surface area contributed by atoms with Gasteiger partial charge in [-0.3, -0.25) is 4.57 Å². The van der Waals surface area contributed by atoms with E-state index in [1.165, 1.54) is 12.8 Å². The van der Waals surface area contributed by atoms with Gasteiger partial charge in [0.15, 0.2) is 0 Å². The molecule has 2 heterocycles. The fraction of sp³-hybridized carbons (Fsp3) is 0.417. The smallest absolute Gasteiger partial charge is 0.225 e. The normalized spacial score (nSPS) is 14.8. The molecule has 0 atom stereocenters. The Morgan fingerprint density at radius 2 is 2.22 bits per heavy atom. The number of aromatic nitrogens is 4. The monoisotopic (exact) mass is 264 g/mol. The molecule has 0 saturated heterocycles. The topological polar surface area (TPSA) is 52.8 Å². The Balaban J connectivity index is 1.84. The number of halogens is 1. The Kier molecular flexibility index (Phi) is 2.91. The quantitative estimate of drug-likeness (QED) is 0.850. The van der Waals surface area contributed by atoms with Crippen molar-refractivity contribution >= 4 is 11.6 Å². The van der Waals surface area contributed by atoms with Crippen LogP contribution in [0.2, 0.25) is 5.28 Å². The van der Waals surface area contributed by atoms with Crippen LogP contribution in [0.15, 0.2) is 18.3 Å². The number of hydrogen-bond donors (Lipinski definition) is 0. The average molecular weight is 265 g/mol. The standard InChI is InChI=1S/C12H13ClN4O/c1-18-10-5-2-8(6-14-10)7-17-11(9-3-4-9)15-16-12(17)13/h2,5-6,9H,3-4,7H2,1H3. The first-order valence-corrected chi connectivity index (χ1v) is 6.23. The number of nitrogens with zero attached hydrogens (tertiary/aromatic N) is 4. The molecule has 5 nitrogen and oxygen atoms in total. The van der Waals surface area contributed by atoms with Crippen molar-refractivity contribution in [1.29, 1.82) is 0 Å². The minimum atomic E-state index is 0.438. The zero-order chi connectivity index (χ0) is 12.5. The van der Waals surface area contributed by atoms with Gasteiger partial charge in [-0.2, -0.15) is 0 Å². The van der Waals surface area contributed by atoms with Crippen molar-refractivity contribution in [2.75, 3.05) is 7.11 Å². The highest BCUT2D eigenvalue weighted by atomic mass is 35.5. The number of rotatable bonds is 4. The van der Waals surface area contributed by atoms with Crippen molar-refractivity contribution in [3.8, 4) is 5.88 Å². The zero-order valence-corrected chi connectivity index (χ0v) is 10.8. The third kappa shape index (κ3) is 2.18. The van der Waals surface area contributed by atoms with Crippen LogP contribution in [0.25, 0.3) is 0 Å². The van der Waals surface area contributed by atoms with E-state index in [1.54, 1.807) is 13.3 Å². The molecule has 0 aliphatic heterocycles. The lowest BCUT2D eigenvalue weighted by molar-refractivity contribution is 0.397. The fourth-order valence-corrected chi connectivity index (χ4v) is 2.08. The summed E-state index contributed by atoms with van der Waals surface area (Å²) in [6, 6.07) is 3.81. The molecular formula is C12H13ClN4O. The molecule has 1 aliphatic carbocycles. The largest absolute Gasteiger partial charge is 0.481 e. The maximum Gasteiger partial charge on any atom is 0.225 e. The Bertz CT molecular complexity index is 548. The second-order valence-corrected chi connectivity index (χ2v) is 4.73. The van der Waals surface area contributed by atoms with E-state index in [1.807, 2.05) is 16.7 Å². The molecule has 1 saturated carbocycles. The third-order valence-corrected chi connectivity index (χ3v) is 3.30. The van der Waals surface area contributed by atoms with Gasteiger partial charge in [-0.25, -0.2) is 4.98 Å². The van der Waals surface area contributed by atoms with Crippen LogP contribution in [0.3, 0.4) is 0 Å². The highest BCUT2D eigenvalue weighted by molar-refractivity contribution is 6.28. The summed E-state index contributed by atoms with van der Waals surface area (Å²) in [5, 5.41) is 8.52. The van der Waals surface area contributed by atoms with Crippen LogP contribution >= 0.6 is 11.6 Å². The highest BCUT2D eigenvalue weighted by Crippen LogP contribution is 2.39. The first kappa shape index (κ1) is 11.5. The van der Waals surface area contributed by atoms with Crippen molar-refractivity contribution in [1.82, 2.24) is 19.7 Å². The van der Waals surface area contributed by atoms with Crippen LogP contribution in [0.4, 0.5) is 0 Å². The molecule has 3 rings (SSSR count). The molecule has 6 heteroatoms. The number of methoxy groups -OCH3 is 1. The first-order chi connectivity index (χ1) is 8.78. The van der Waals surface area contributed by atoms with Crippen molar-refractivity contribution < 1.29 is 4.74 Å². The Morgan fingerprint density at radius 3 is 2.83 bits per heavy atom. The molecule has 1 aliphatic rings. The van der Waals surface area contributed by atoms with Crippen molar-refractivity contribution in [3.05, 3.63) is 35.0 Å². The van der Waals surface area contributed by atoms with Crippen LogP contribution < -0.4 is 4.74 Å². The molecule has 0 unspecified atom stereocenters. The molecule has 94 valence electrons. The first-order valence-electron chi connectivity index (χ1n) is 5.85. The molecule has 0 N–H and O–H groups in total. The maximum absolute atomic E-state index is 6.07. The average Bonchev–Trinajstić information content (AvgIpc) is 3.17. The fourth-order valence-electron chi connectivity index (χ4n) is 1.89. The minimum absolute atomic E-state index is 0.438.